The van der Waals surface area contributed by atoms with Crippen LogP contribution < -0.4 is 0 Å². The molecule has 0 aliphatic heterocycles. The van der Waals surface area contributed by atoms with Gasteiger partial charge in [-0.1, -0.05) is 6.42 Å². The van der Waals surface area contributed by atoms with Crippen molar-refractivity contribution in [3.05, 3.63) is 6.92 Å². The Morgan fingerprint density at radius 2 is 2.12 bits per heavy atom. The average molecular weight is 273 g/mol. The molecule has 8 heavy (non-hydrogen) atoms. The Hall–Kier alpha value is 0.913. The van der Waals surface area contributed by atoms with Crippen LogP contribution in [0.2, 0.25) is 0 Å². The van der Waals surface area contributed by atoms with E-state index in [0.717, 1.165) is 19.3 Å². The van der Waals surface area contributed by atoms with Gasteiger partial charge >= 0.3 is 34.5 Å². The first-order valence-corrected chi connectivity index (χ1v) is 11.5. The van der Waals surface area contributed by atoms with E-state index < -0.39 is 0 Å². The molecule has 0 spiro atoms. The fraction of sp³-hybridized carbons (Fsp3) is 0.500. The number of unbranched alkanes of at least 4 members (excludes halogenated alkanes) is 2. The molecule has 0 aromatic carbocycles. The average Bonchev–Trinajstić information content (AvgIpc) is 1.88. The van der Waals surface area contributed by atoms with Crippen LogP contribution in [0, 0.1) is 19.3 Å². The fourth-order valence-corrected chi connectivity index (χ4v) is 0.227. The van der Waals surface area contributed by atoms with Gasteiger partial charge in [-0.3, -0.25) is 0 Å². The summed E-state index contributed by atoms with van der Waals surface area (Å²) in [7, 11) is 0. The molecule has 0 radical (unpaired) electrons. The van der Waals surface area contributed by atoms with Crippen molar-refractivity contribution in [1.82, 2.24) is 0 Å². The number of hydrogen-bond donors (Lipinski definition) is 0. The van der Waals surface area contributed by atoms with Gasteiger partial charge in [0.15, 0.2) is 0 Å². The molecule has 0 unspecified atom stereocenters. The molecule has 0 aromatic rings. The summed E-state index contributed by atoms with van der Waals surface area (Å²) in [6.45, 7) is 3.63. The molecule has 0 N–H and O–H groups in total. The summed E-state index contributed by atoms with van der Waals surface area (Å²) in [6, 6.07) is 0. The molecule has 42 valence electrons. The standard InChI is InChI=1S/C6H9.HI.Zn/c1-3-5-6-4-2;;/h1H,2,4-6H2;1H;/q-1;;+2/p-1. The van der Waals surface area contributed by atoms with Gasteiger partial charge in [-0.25, -0.2) is 0 Å². The summed E-state index contributed by atoms with van der Waals surface area (Å²) in [5.41, 5.74) is 0. The number of halogens is 1. The second kappa shape index (κ2) is 15.7. The van der Waals surface area contributed by atoms with Crippen LogP contribution in [0.5, 0.6) is 0 Å². The summed E-state index contributed by atoms with van der Waals surface area (Å²) in [4.78, 5) is 0. The number of hydrogen-bond acceptors (Lipinski definition) is 0. The van der Waals surface area contributed by atoms with Gasteiger partial charge in [-0.15, -0.1) is 12.3 Å². The molecule has 0 saturated carbocycles. The molecule has 0 amide bonds. The van der Waals surface area contributed by atoms with Crippen molar-refractivity contribution >= 4 is 19.8 Å². The zero-order chi connectivity index (χ0) is 6.83. The molecule has 0 aliphatic carbocycles. The molecule has 0 atom stereocenters. The molecule has 0 aliphatic rings. The van der Waals surface area contributed by atoms with Crippen molar-refractivity contribution < 1.29 is 14.8 Å². The van der Waals surface area contributed by atoms with Crippen molar-refractivity contribution in [1.29, 1.82) is 0 Å². The van der Waals surface area contributed by atoms with E-state index in [0.29, 0.717) is 0 Å². The Morgan fingerprint density at radius 3 is 2.25 bits per heavy atom. The molecule has 0 nitrogen and oxygen atoms in total. The summed E-state index contributed by atoms with van der Waals surface area (Å²) >= 11 is 3.62. The second-order valence-electron chi connectivity index (χ2n) is 1.16. The SMILES string of the molecule is C#CCCC[CH2-].[Zn+][I]. The first-order valence-electron chi connectivity index (χ1n) is 2.41. The summed E-state index contributed by atoms with van der Waals surface area (Å²) < 4.78 is 0. The van der Waals surface area contributed by atoms with Crippen LogP contribution >= 0.6 is 19.8 Å². The van der Waals surface area contributed by atoms with E-state index in [2.05, 4.69) is 32.6 Å². The Bertz CT molecular complexity index is 56.0. The van der Waals surface area contributed by atoms with Gasteiger partial charge in [0.1, 0.15) is 0 Å². The third kappa shape index (κ3) is 15.8. The zero-order valence-electron chi connectivity index (χ0n) is 4.99. The van der Waals surface area contributed by atoms with E-state index in [9.17, 15) is 0 Å². The van der Waals surface area contributed by atoms with Crippen molar-refractivity contribution in [3.8, 4) is 12.3 Å². The van der Waals surface area contributed by atoms with Gasteiger partial charge in [0, 0.05) is 6.42 Å². The molecule has 0 heterocycles. The molecule has 0 rings (SSSR count). The maximum absolute atomic E-state index is 4.94. The summed E-state index contributed by atoms with van der Waals surface area (Å²) in [5, 5.41) is 0. The topological polar surface area (TPSA) is 0 Å². The van der Waals surface area contributed by atoms with Crippen LogP contribution in [0.1, 0.15) is 19.3 Å². The fourth-order valence-electron chi connectivity index (χ4n) is 0.227. The van der Waals surface area contributed by atoms with Crippen LogP contribution in [0.15, 0.2) is 0 Å². The first-order chi connectivity index (χ1) is 3.91. The van der Waals surface area contributed by atoms with E-state index in [1.807, 2.05) is 0 Å². The molecule has 0 fully saturated rings. The Labute approximate surface area is 72.7 Å². The minimum atomic E-state index is 0.878. The maximum atomic E-state index is 4.94. The molecular formula is C6H9IZn. The Kier molecular flexibility index (Phi) is 22.9. The van der Waals surface area contributed by atoms with E-state index in [1.165, 1.54) is 14.8 Å². The molecule has 2 heteroatoms. The van der Waals surface area contributed by atoms with E-state index in [1.54, 1.807) is 0 Å². The van der Waals surface area contributed by atoms with Gasteiger partial charge < -0.3 is 6.92 Å². The number of rotatable bonds is 2. The van der Waals surface area contributed by atoms with Gasteiger partial charge in [-0.05, 0) is 0 Å². The van der Waals surface area contributed by atoms with Crippen LogP contribution in [-0.4, -0.2) is 0 Å². The van der Waals surface area contributed by atoms with Crippen LogP contribution in [-0.2, 0) is 14.8 Å². The van der Waals surface area contributed by atoms with E-state index in [-0.39, 0.29) is 0 Å². The van der Waals surface area contributed by atoms with E-state index in [4.69, 9.17) is 6.42 Å². The minimum absolute atomic E-state index is 0.878. The predicted octanol–water partition coefficient (Wildman–Crippen LogP) is 2.51. The first kappa shape index (κ1) is 11.7. The van der Waals surface area contributed by atoms with Crippen molar-refractivity contribution in [3.63, 3.8) is 0 Å². The van der Waals surface area contributed by atoms with Crippen LogP contribution in [0.25, 0.3) is 0 Å². The Morgan fingerprint density at radius 1 is 1.62 bits per heavy atom. The van der Waals surface area contributed by atoms with Crippen molar-refractivity contribution in [2.24, 2.45) is 0 Å². The monoisotopic (exact) mass is 272 g/mol. The third-order valence-corrected chi connectivity index (χ3v) is 0.571. The van der Waals surface area contributed by atoms with E-state index >= 15 is 0 Å². The van der Waals surface area contributed by atoms with Gasteiger partial charge in [0.05, 0.1) is 0 Å². The van der Waals surface area contributed by atoms with Crippen LogP contribution in [0.4, 0.5) is 0 Å². The predicted molar refractivity (Wildman–Crippen MR) is 42.1 cm³/mol. The van der Waals surface area contributed by atoms with Gasteiger partial charge in [-0.2, -0.15) is 6.42 Å². The van der Waals surface area contributed by atoms with Gasteiger partial charge in [0.2, 0.25) is 0 Å². The van der Waals surface area contributed by atoms with Crippen molar-refractivity contribution in [2.75, 3.05) is 0 Å². The van der Waals surface area contributed by atoms with Crippen LogP contribution in [0.3, 0.4) is 0 Å². The van der Waals surface area contributed by atoms with Gasteiger partial charge in [0.25, 0.3) is 0 Å². The third-order valence-electron chi connectivity index (χ3n) is 0.571. The summed E-state index contributed by atoms with van der Waals surface area (Å²) in [5.74, 6) is 2.53. The quantitative estimate of drug-likeness (QED) is 0.238. The number of terminal acetylenes is 1. The normalized spacial score (nSPS) is 6.38. The Balaban J connectivity index is 0. The second-order valence-corrected chi connectivity index (χ2v) is 1.16. The van der Waals surface area contributed by atoms with Crippen molar-refractivity contribution in [2.45, 2.75) is 19.3 Å². The summed E-state index contributed by atoms with van der Waals surface area (Å²) in [6.07, 6.45) is 7.84. The molecule has 0 saturated heterocycles. The zero-order valence-corrected chi connectivity index (χ0v) is 10.1. The molecular weight excluding hydrogens is 264 g/mol. The molecule has 0 bridgehead atoms. The molecule has 0 aromatic heterocycles.